The molecular formula is C33H36N2P2. The summed E-state index contributed by atoms with van der Waals surface area (Å²) < 4.78 is 2.79. The van der Waals surface area contributed by atoms with E-state index < -0.39 is 14.8 Å². The molecule has 4 aromatic rings. The average Bonchev–Trinajstić information content (AvgIpc) is 3.32. The molecule has 2 nitrogen and oxygen atoms in total. The molecule has 1 heterocycles. The lowest BCUT2D eigenvalue weighted by Gasteiger charge is -2.50. The lowest BCUT2D eigenvalue weighted by Crippen LogP contribution is -2.37. The summed E-state index contributed by atoms with van der Waals surface area (Å²) in [4.78, 5) is 5.26. The van der Waals surface area contributed by atoms with Crippen molar-refractivity contribution in [3.63, 3.8) is 0 Å². The Labute approximate surface area is 224 Å². The number of hydrogen-bond donors (Lipinski definition) is 0. The van der Waals surface area contributed by atoms with Crippen molar-refractivity contribution < 1.29 is 0 Å². The van der Waals surface area contributed by atoms with Crippen LogP contribution >= 0.6 is 14.8 Å². The first-order valence-corrected chi connectivity index (χ1v) is 17.1. The molecule has 37 heavy (non-hydrogen) atoms. The minimum absolute atomic E-state index is 0.00399. The molecule has 0 bridgehead atoms. The highest BCUT2D eigenvalue weighted by Gasteiger charge is 2.59. The molecule has 3 atom stereocenters. The van der Waals surface area contributed by atoms with E-state index in [4.69, 9.17) is 18.3 Å². The van der Waals surface area contributed by atoms with Crippen LogP contribution in [0.15, 0.2) is 126 Å². The standard InChI is InChI=1S/C33H36N2P2/c1-4-5-26-35(36(2,30-22-14-8-15-23-30)31-24-16-9-17-25-31)37(3)32(28-18-10-6-11-19-28)27-34-33(37)29-20-12-7-13-21-29/h6-25,27,32-33H,2-5,26H2,1H3/t32-,33+,37?/m0/s1. The predicted molar refractivity (Wildman–Crippen MR) is 165 cm³/mol. The summed E-state index contributed by atoms with van der Waals surface area (Å²) >= 11 is 0. The molecule has 0 amide bonds. The molecule has 0 saturated carbocycles. The Kier molecular flexibility index (Phi) is 8.01. The zero-order chi connectivity index (χ0) is 25.7. The van der Waals surface area contributed by atoms with E-state index in [0.717, 1.165) is 19.4 Å². The van der Waals surface area contributed by atoms with Gasteiger partial charge in [-0.3, -0.25) is 0 Å². The number of hydrogen-bond acceptors (Lipinski definition) is 2. The van der Waals surface area contributed by atoms with Crippen molar-refractivity contribution in [2.24, 2.45) is 4.99 Å². The van der Waals surface area contributed by atoms with Crippen molar-refractivity contribution >= 4 is 31.7 Å². The Morgan fingerprint density at radius 2 is 1.19 bits per heavy atom. The van der Waals surface area contributed by atoms with Crippen LogP contribution < -0.4 is 10.6 Å². The van der Waals surface area contributed by atoms with Gasteiger partial charge in [-0.1, -0.05) is 110 Å². The lowest BCUT2D eigenvalue weighted by atomic mass is 10.2. The van der Waals surface area contributed by atoms with E-state index in [0.29, 0.717) is 0 Å². The van der Waals surface area contributed by atoms with Crippen LogP contribution in [-0.2, 0) is 0 Å². The van der Waals surface area contributed by atoms with Crippen LogP contribution in [0.4, 0.5) is 0 Å². The zero-order valence-electron chi connectivity index (χ0n) is 21.6. The molecule has 188 valence electrons. The minimum Gasteiger partial charge on any atom is -0.248 e. The Balaban J connectivity index is 1.77. The van der Waals surface area contributed by atoms with Gasteiger partial charge in [0.1, 0.15) is 5.66 Å². The van der Waals surface area contributed by atoms with Crippen LogP contribution in [0.1, 0.15) is 42.3 Å². The van der Waals surface area contributed by atoms with E-state index in [9.17, 15) is 0 Å². The Morgan fingerprint density at radius 3 is 1.68 bits per heavy atom. The van der Waals surface area contributed by atoms with Gasteiger partial charge in [0.2, 0.25) is 0 Å². The summed E-state index contributed by atoms with van der Waals surface area (Å²) in [7, 11) is -4.48. The van der Waals surface area contributed by atoms with Gasteiger partial charge in [0, 0.05) is 19.2 Å². The third kappa shape index (κ3) is 4.84. The second kappa shape index (κ2) is 11.4. The highest BCUT2D eigenvalue weighted by molar-refractivity contribution is 7.97. The Morgan fingerprint density at radius 1 is 0.730 bits per heavy atom. The highest BCUT2D eigenvalue weighted by Crippen LogP contribution is 2.88. The Bertz CT molecular complexity index is 1200. The van der Waals surface area contributed by atoms with E-state index in [1.807, 2.05) is 0 Å². The smallest absolute Gasteiger partial charge is 0.176 e. The van der Waals surface area contributed by atoms with Gasteiger partial charge < -0.3 is 0 Å². The molecule has 0 saturated heterocycles. The molecular weight excluding hydrogens is 486 g/mol. The van der Waals surface area contributed by atoms with Gasteiger partial charge in [-0.15, -0.1) is 11.1 Å². The number of rotatable bonds is 9. The van der Waals surface area contributed by atoms with Gasteiger partial charge in [0.25, 0.3) is 0 Å². The first-order valence-electron chi connectivity index (χ1n) is 13.1. The predicted octanol–water partition coefficient (Wildman–Crippen LogP) is 8.71. The van der Waals surface area contributed by atoms with Crippen molar-refractivity contribution in [2.75, 3.05) is 6.54 Å². The lowest BCUT2D eigenvalue weighted by molar-refractivity contribution is 0.620. The fraction of sp³-hybridized carbons (Fsp3) is 0.182. The quantitative estimate of drug-likeness (QED) is 0.159. The second-order valence-electron chi connectivity index (χ2n) is 9.71. The zero-order valence-corrected chi connectivity index (χ0v) is 23.4. The van der Waals surface area contributed by atoms with Crippen LogP contribution in [0, 0.1) is 13.3 Å². The molecule has 0 aliphatic carbocycles. The average molecular weight is 523 g/mol. The maximum Gasteiger partial charge on any atom is 0.176 e. The van der Waals surface area contributed by atoms with Gasteiger partial charge in [0.05, 0.1) is 24.6 Å². The molecule has 0 aromatic heterocycles. The van der Waals surface area contributed by atoms with Crippen LogP contribution in [0.2, 0.25) is 0 Å². The molecule has 1 aliphatic heterocycles. The number of unbranched alkanes of at least 4 members (excludes halogenated alkanes) is 1. The van der Waals surface area contributed by atoms with Crippen LogP contribution in [-0.4, -0.2) is 17.2 Å². The van der Waals surface area contributed by atoms with Crippen LogP contribution in [0.5, 0.6) is 0 Å². The topological polar surface area (TPSA) is 15.6 Å². The number of aliphatic imine (C=N–C) groups is 1. The summed E-state index contributed by atoms with van der Waals surface area (Å²) in [6, 6.07) is 43.5. The van der Waals surface area contributed by atoms with E-state index >= 15 is 0 Å². The molecule has 1 unspecified atom stereocenters. The maximum absolute atomic E-state index is 5.26. The van der Waals surface area contributed by atoms with Crippen molar-refractivity contribution in [3.8, 4) is 0 Å². The van der Waals surface area contributed by atoms with Gasteiger partial charge in [-0.25, -0.2) is 4.99 Å². The molecule has 4 aromatic carbocycles. The van der Waals surface area contributed by atoms with Crippen molar-refractivity contribution in [2.45, 2.75) is 31.2 Å². The molecule has 0 N–H and O–H groups in total. The van der Waals surface area contributed by atoms with Gasteiger partial charge in [0.15, 0.2) is 5.78 Å². The molecule has 0 spiro atoms. The normalized spacial score (nSPS) is 21.4. The molecule has 5 rings (SSSR count). The molecule has 4 heteroatoms. The molecule has 1 aliphatic rings. The van der Waals surface area contributed by atoms with E-state index in [1.165, 1.54) is 21.7 Å². The third-order valence-electron chi connectivity index (χ3n) is 7.41. The first kappa shape index (κ1) is 26.0. The van der Waals surface area contributed by atoms with E-state index in [-0.39, 0.29) is 11.4 Å². The van der Waals surface area contributed by atoms with Gasteiger partial charge in [-0.2, -0.15) is 6.66 Å². The van der Waals surface area contributed by atoms with E-state index in [2.05, 4.69) is 139 Å². The van der Waals surface area contributed by atoms with Crippen LogP contribution in [0.25, 0.3) is 0 Å². The second-order valence-corrected chi connectivity index (χ2v) is 16.4. The summed E-state index contributed by atoms with van der Waals surface area (Å²) in [5.74, 6) is 0.00399. The van der Waals surface area contributed by atoms with Crippen molar-refractivity contribution in [1.82, 2.24) is 4.44 Å². The summed E-state index contributed by atoms with van der Waals surface area (Å²) in [5.41, 5.74) is 2.68. The third-order valence-corrected chi connectivity index (χ3v) is 16.4. The first-order chi connectivity index (χ1) is 18.1. The maximum atomic E-state index is 5.26. The largest absolute Gasteiger partial charge is 0.248 e. The fourth-order valence-corrected chi connectivity index (χ4v) is 15.0. The number of benzene rings is 4. The molecule has 0 radical (unpaired) electrons. The number of nitrogens with zero attached hydrogens (tertiary/aromatic N) is 2. The van der Waals surface area contributed by atoms with Crippen molar-refractivity contribution in [3.05, 3.63) is 146 Å². The minimum atomic E-state index is -2.25. The summed E-state index contributed by atoms with van der Waals surface area (Å²) in [6.45, 7) is 13.7. The summed E-state index contributed by atoms with van der Waals surface area (Å²) in [6.07, 6.45) is 4.41. The van der Waals surface area contributed by atoms with Gasteiger partial charge in [-0.05, 0) is 36.2 Å². The van der Waals surface area contributed by atoms with Crippen LogP contribution in [0.3, 0.4) is 0 Å². The van der Waals surface area contributed by atoms with E-state index in [1.54, 1.807) is 0 Å². The molecule has 0 fully saturated rings. The van der Waals surface area contributed by atoms with Crippen molar-refractivity contribution in [1.29, 1.82) is 0 Å². The SMILES string of the molecule is [CH2-][P+](c1ccccc1)(c1ccccc1)N(CCCC)[P+]1([CH2-])[C@H](c2ccccc2)C=N[C@H]1c1ccccc1. The summed E-state index contributed by atoms with van der Waals surface area (Å²) in [5, 5.41) is 2.59. The highest BCUT2D eigenvalue weighted by atomic mass is 31.2. The van der Waals surface area contributed by atoms with Gasteiger partial charge >= 0.3 is 0 Å². The Hall–Kier alpha value is -2.63. The monoisotopic (exact) mass is 522 g/mol. The fourth-order valence-electron chi connectivity index (χ4n) is 5.49.